The van der Waals surface area contributed by atoms with Gasteiger partial charge < -0.3 is 5.11 Å². The molecule has 0 atom stereocenters. The normalized spacial score (nSPS) is 14.4. The average molecular weight is 274 g/mol. The monoisotopic (exact) mass is 273 g/mol. The number of pyridine rings is 1. The van der Waals surface area contributed by atoms with Gasteiger partial charge in [-0.1, -0.05) is 23.7 Å². The predicted molar refractivity (Wildman–Crippen MR) is 73.6 cm³/mol. The highest BCUT2D eigenvalue weighted by atomic mass is 35.5. The number of hydrogen-bond acceptors (Lipinski definition) is 2. The highest BCUT2D eigenvalue weighted by molar-refractivity contribution is 6.30. The summed E-state index contributed by atoms with van der Waals surface area (Å²) in [6.45, 7) is 0. The van der Waals surface area contributed by atoms with E-state index in [2.05, 4.69) is 4.98 Å². The molecule has 1 aromatic heterocycles. The van der Waals surface area contributed by atoms with Crippen LogP contribution in [0.3, 0.4) is 0 Å². The number of nitrogens with zero attached hydrogens (tertiary/aromatic N) is 1. The standard InChI is InChI=1S/C15H12ClNO2/c16-11-3-1-2-10(8-11)13-7-6-12(15(18)19)14(17-13)9-4-5-9/h1-3,6-9H,4-5H2,(H,18,19). The fraction of sp³-hybridized carbons (Fsp3) is 0.200. The molecule has 0 spiro atoms. The van der Waals surface area contributed by atoms with Crippen LogP contribution in [0.1, 0.15) is 34.8 Å². The van der Waals surface area contributed by atoms with Gasteiger partial charge in [-0.2, -0.15) is 0 Å². The zero-order valence-corrected chi connectivity index (χ0v) is 10.9. The Kier molecular flexibility index (Phi) is 2.99. The molecule has 3 rings (SSSR count). The zero-order chi connectivity index (χ0) is 13.4. The number of aromatic carboxylic acids is 1. The summed E-state index contributed by atoms with van der Waals surface area (Å²) in [6, 6.07) is 10.8. The molecule has 3 nitrogen and oxygen atoms in total. The van der Waals surface area contributed by atoms with Crippen LogP contribution in [0.5, 0.6) is 0 Å². The molecule has 2 aromatic rings. The lowest BCUT2D eigenvalue weighted by Gasteiger charge is -2.07. The third-order valence-electron chi connectivity index (χ3n) is 3.24. The third kappa shape index (κ3) is 2.47. The van der Waals surface area contributed by atoms with Crippen molar-refractivity contribution < 1.29 is 9.90 Å². The summed E-state index contributed by atoms with van der Waals surface area (Å²) >= 11 is 5.97. The maximum atomic E-state index is 11.2. The zero-order valence-electron chi connectivity index (χ0n) is 10.1. The first-order valence-corrected chi connectivity index (χ1v) is 6.53. The molecule has 0 saturated heterocycles. The highest BCUT2D eigenvalue weighted by Crippen LogP contribution is 2.41. The van der Waals surface area contributed by atoms with Crippen molar-refractivity contribution in [3.63, 3.8) is 0 Å². The van der Waals surface area contributed by atoms with Crippen molar-refractivity contribution in [1.82, 2.24) is 4.98 Å². The van der Waals surface area contributed by atoms with Crippen LogP contribution in [0.2, 0.25) is 5.02 Å². The lowest BCUT2D eigenvalue weighted by atomic mass is 10.1. The molecule has 1 saturated carbocycles. The second-order valence-corrected chi connectivity index (χ2v) is 5.16. The largest absolute Gasteiger partial charge is 0.478 e. The van der Waals surface area contributed by atoms with Gasteiger partial charge in [0, 0.05) is 16.5 Å². The Hall–Kier alpha value is -1.87. The summed E-state index contributed by atoms with van der Waals surface area (Å²) in [5.41, 5.74) is 2.69. The highest BCUT2D eigenvalue weighted by Gasteiger charge is 2.30. The van der Waals surface area contributed by atoms with Gasteiger partial charge in [-0.3, -0.25) is 4.98 Å². The summed E-state index contributed by atoms with van der Waals surface area (Å²) in [4.78, 5) is 15.7. The molecule has 1 aliphatic carbocycles. The van der Waals surface area contributed by atoms with Gasteiger partial charge in [0.2, 0.25) is 0 Å². The molecular weight excluding hydrogens is 262 g/mol. The Bertz CT molecular complexity index is 650. The molecule has 96 valence electrons. The van der Waals surface area contributed by atoms with Gasteiger partial charge in [0.1, 0.15) is 0 Å². The molecule has 0 aliphatic heterocycles. The quantitative estimate of drug-likeness (QED) is 0.920. The van der Waals surface area contributed by atoms with E-state index in [1.165, 1.54) is 0 Å². The molecular formula is C15H12ClNO2. The van der Waals surface area contributed by atoms with Crippen molar-refractivity contribution >= 4 is 17.6 Å². The Morgan fingerprint density at radius 1 is 1.26 bits per heavy atom. The van der Waals surface area contributed by atoms with Crippen molar-refractivity contribution in [3.05, 3.63) is 52.7 Å². The number of hydrogen-bond donors (Lipinski definition) is 1. The van der Waals surface area contributed by atoms with E-state index in [4.69, 9.17) is 11.6 Å². The molecule has 1 N–H and O–H groups in total. The Balaban J connectivity index is 2.08. The van der Waals surface area contributed by atoms with Crippen LogP contribution in [0, 0.1) is 0 Å². The number of rotatable bonds is 3. The molecule has 0 amide bonds. The Morgan fingerprint density at radius 2 is 2.05 bits per heavy atom. The van der Waals surface area contributed by atoms with E-state index >= 15 is 0 Å². The number of halogens is 1. The molecule has 0 radical (unpaired) electrons. The van der Waals surface area contributed by atoms with Crippen LogP contribution in [0.25, 0.3) is 11.3 Å². The summed E-state index contributed by atoms with van der Waals surface area (Å²) < 4.78 is 0. The number of carbonyl (C=O) groups is 1. The van der Waals surface area contributed by atoms with Gasteiger partial charge in [-0.05, 0) is 37.1 Å². The first kappa shape index (κ1) is 12.2. The maximum absolute atomic E-state index is 11.2. The number of benzene rings is 1. The van der Waals surface area contributed by atoms with Crippen molar-refractivity contribution in [2.24, 2.45) is 0 Å². The minimum atomic E-state index is -0.910. The molecule has 19 heavy (non-hydrogen) atoms. The molecule has 1 heterocycles. The Labute approximate surface area is 115 Å². The van der Waals surface area contributed by atoms with Crippen LogP contribution in [-0.2, 0) is 0 Å². The smallest absolute Gasteiger partial charge is 0.337 e. The lowest BCUT2D eigenvalue weighted by Crippen LogP contribution is -2.04. The van der Waals surface area contributed by atoms with Crippen molar-refractivity contribution in [3.8, 4) is 11.3 Å². The van der Waals surface area contributed by atoms with E-state index in [1.54, 1.807) is 18.2 Å². The van der Waals surface area contributed by atoms with Crippen LogP contribution >= 0.6 is 11.6 Å². The fourth-order valence-electron chi connectivity index (χ4n) is 2.13. The van der Waals surface area contributed by atoms with Gasteiger partial charge >= 0.3 is 5.97 Å². The minimum Gasteiger partial charge on any atom is -0.478 e. The first-order valence-electron chi connectivity index (χ1n) is 6.15. The van der Waals surface area contributed by atoms with Crippen LogP contribution in [0.15, 0.2) is 36.4 Å². The van der Waals surface area contributed by atoms with Crippen LogP contribution < -0.4 is 0 Å². The van der Waals surface area contributed by atoms with Crippen molar-refractivity contribution in [2.75, 3.05) is 0 Å². The van der Waals surface area contributed by atoms with E-state index in [9.17, 15) is 9.90 Å². The molecule has 1 aliphatic rings. The minimum absolute atomic E-state index is 0.297. The van der Waals surface area contributed by atoms with Gasteiger partial charge in [0.05, 0.1) is 17.0 Å². The van der Waals surface area contributed by atoms with E-state index < -0.39 is 5.97 Å². The van der Waals surface area contributed by atoms with Crippen LogP contribution in [-0.4, -0.2) is 16.1 Å². The topological polar surface area (TPSA) is 50.2 Å². The maximum Gasteiger partial charge on any atom is 0.337 e. The number of carboxylic acid groups (broad SMARTS) is 1. The third-order valence-corrected chi connectivity index (χ3v) is 3.47. The summed E-state index contributed by atoms with van der Waals surface area (Å²) in [7, 11) is 0. The van der Waals surface area contributed by atoms with E-state index in [1.807, 2.05) is 18.2 Å². The Morgan fingerprint density at radius 3 is 2.68 bits per heavy atom. The second-order valence-electron chi connectivity index (χ2n) is 4.72. The van der Waals surface area contributed by atoms with E-state index in [0.29, 0.717) is 22.2 Å². The van der Waals surface area contributed by atoms with Gasteiger partial charge in [0.25, 0.3) is 0 Å². The number of carboxylic acids is 1. The molecule has 0 unspecified atom stereocenters. The molecule has 1 fully saturated rings. The SMILES string of the molecule is O=C(O)c1ccc(-c2cccc(Cl)c2)nc1C1CC1. The predicted octanol–water partition coefficient (Wildman–Crippen LogP) is 3.98. The second kappa shape index (κ2) is 4.67. The fourth-order valence-corrected chi connectivity index (χ4v) is 2.32. The first-order chi connectivity index (χ1) is 9.15. The van der Waals surface area contributed by atoms with E-state index in [0.717, 1.165) is 24.1 Å². The van der Waals surface area contributed by atoms with Gasteiger partial charge in [-0.25, -0.2) is 4.79 Å². The van der Waals surface area contributed by atoms with E-state index in [-0.39, 0.29) is 0 Å². The number of aromatic nitrogens is 1. The molecule has 4 heteroatoms. The summed E-state index contributed by atoms with van der Waals surface area (Å²) in [5, 5.41) is 9.83. The molecule has 1 aromatic carbocycles. The van der Waals surface area contributed by atoms with Crippen molar-refractivity contribution in [2.45, 2.75) is 18.8 Å². The van der Waals surface area contributed by atoms with Gasteiger partial charge in [0.15, 0.2) is 0 Å². The summed E-state index contributed by atoms with van der Waals surface area (Å²) in [5.74, 6) is -0.614. The van der Waals surface area contributed by atoms with Gasteiger partial charge in [-0.15, -0.1) is 0 Å². The van der Waals surface area contributed by atoms with Crippen molar-refractivity contribution in [1.29, 1.82) is 0 Å². The summed E-state index contributed by atoms with van der Waals surface area (Å²) in [6.07, 6.45) is 2.04. The lowest BCUT2D eigenvalue weighted by molar-refractivity contribution is 0.0695. The van der Waals surface area contributed by atoms with Crippen LogP contribution in [0.4, 0.5) is 0 Å². The molecule has 0 bridgehead atoms. The average Bonchev–Trinajstić information content (AvgIpc) is 3.22.